The maximum Gasteiger partial charge on any atom is 0.262 e. The zero-order valence-corrected chi connectivity index (χ0v) is 30.2. The predicted molar refractivity (Wildman–Crippen MR) is 203 cm³/mol. The Morgan fingerprint density at radius 2 is 1.64 bits per heavy atom. The van der Waals surface area contributed by atoms with Crippen LogP contribution in [-0.4, -0.2) is 97.7 Å². The van der Waals surface area contributed by atoms with E-state index in [2.05, 4.69) is 20.1 Å². The molecule has 56 heavy (non-hydrogen) atoms. The normalized spacial score (nSPS) is 20.1. The minimum atomic E-state index is -1.04. The van der Waals surface area contributed by atoms with Gasteiger partial charge in [0, 0.05) is 45.2 Å². The van der Waals surface area contributed by atoms with E-state index in [1.54, 1.807) is 39.9 Å². The van der Waals surface area contributed by atoms with Gasteiger partial charge in [-0.25, -0.2) is 18.9 Å². The first-order valence-electron chi connectivity index (χ1n) is 18.6. The molecule has 0 bridgehead atoms. The fraction of sp³-hybridized carbons (Fsp3) is 0.268. The number of imide groups is 2. The molecule has 1 unspecified atom stereocenters. The van der Waals surface area contributed by atoms with E-state index in [4.69, 9.17) is 10.1 Å². The molecule has 282 valence electrons. The molecule has 3 fully saturated rings. The average molecular weight is 754 g/mol. The molecule has 0 saturated carbocycles. The summed E-state index contributed by atoms with van der Waals surface area (Å²) in [4.78, 5) is 80.0. The molecule has 0 radical (unpaired) electrons. The molecular formula is C41H36FN9O5. The van der Waals surface area contributed by atoms with Gasteiger partial charge in [0.2, 0.25) is 17.7 Å². The maximum absolute atomic E-state index is 14.1. The zero-order chi connectivity index (χ0) is 38.5. The van der Waals surface area contributed by atoms with Crippen molar-refractivity contribution in [2.45, 2.75) is 37.8 Å². The topological polar surface area (TPSA) is 153 Å². The number of imidazole rings is 1. The second-order valence-electron chi connectivity index (χ2n) is 14.3. The van der Waals surface area contributed by atoms with Crippen LogP contribution in [0.15, 0.2) is 85.1 Å². The molecule has 5 aromatic rings. The molecule has 15 heteroatoms. The van der Waals surface area contributed by atoms with E-state index in [1.807, 2.05) is 36.4 Å². The smallest absolute Gasteiger partial charge is 0.262 e. The number of amides is 5. The lowest BCUT2D eigenvalue weighted by Gasteiger charge is -2.35. The quantitative estimate of drug-likeness (QED) is 0.191. The van der Waals surface area contributed by atoms with E-state index in [9.17, 15) is 28.4 Å². The van der Waals surface area contributed by atoms with Crippen LogP contribution in [0.25, 0.3) is 23.1 Å². The van der Waals surface area contributed by atoms with E-state index < -0.39 is 29.7 Å². The molecule has 0 spiro atoms. The number of halogens is 1. The van der Waals surface area contributed by atoms with Gasteiger partial charge in [0.05, 0.1) is 29.1 Å². The number of aromatic nitrogens is 4. The average Bonchev–Trinajstić information content (AvgIpc) is 3.94. The van der Waals surface area contributed by atoms with Gasteiger partial charge in [0.15, 0.2) is 5.65 Å². The van der Waals surface area contributed by atoms with E-state index in [1.165, 1.54) is 24.3 Å². The first-order chi connectivity index (χ1) is 27.2. The van der Waals surface area contributed by atoms with Gasteiger partial charge in [0.25, 0.3) is 11.8 Å². The third-order valence-electron chi connectivity index (χ3n) is 10.9. The lowest BCUT2D eigenvalue weighted by Crippen LogP contribution is -2.54. The first-order valence-corrected chi connectivity index (χ1v) is 18.6. The van der Waals surface area contributed by atoms with Crippen molar-refractivity contribution >= 4 is 52.9 Å². The Bertz CT molecular complexity index is 2470. The van der Waals surface area contributed by atoms with Gasteiger partial charge in [-0.2, -0.15) is 0 Å². The van der Waals surface area contributed by atoms with Crippen molar-refractivity contribution in [2.24, 2.45) is 0 Å². The Morgan fingerprint density at radius 1 is 0.821 bits per heavy atom. The number of pyridine rings is 1. The molecule has 0 aliphatic carbocycles. The Labute approximate surface area is 320 Å². The summed E-state index contributed by atoms with van der Waals surface area (Å²) in [5.41, 5.74) is 3.95. The summed E-state index contributed by atoms with van der Waals surface area (Å²) in [6.07, 6.45) is 6.82. The summed E-state index contributed by atoms with van der Waals surface area (Å²) in [6.45, 7) is 2.87. The van der Waals surface area contributed by atoms with E-state index in [-0.39, 0.29) is 41.7 Å². The van der Waals surface area contributed by atoms with Gasteiger partial charge < -0.3 is 14.7 Å². The second kappa shape index (κ2) is 14.1. The van der Waals surface area contributed by atoms with E-state index >= 15 is 0 Å². The standard InChI is InChI=1S/C41H36FN9O5/c42-27-5-1-4-26(23-27)31-7-3-17-49(31)36-14-13-34-43-24-33(51(34)46-36)30-6-2-8-35(44-30)47-18-20-48(21-19-47)38(53)16-10-25-9-11-28-29(22-25)41(56)50(40(28)55)32-12-15-37(52)45-39(32)54/h1-2,4-6,8-11,13-14,16,22-24,31-32H,3,7,12,15,17-21H2,(H,45,52,54)/b16-10+/t31-,32?/m1/s1. The molecule has 2 atom stereocenters. The number of hydrogen-bond donors (Lipinski definition) is 1. The number of fused-ring (bicyclic) bond motifs is 2. The van der Waals surface area contributed by atoms with Crippen molar-refractivity contribution in [3.63, 3.8) is 0 Å². The summed E-state index contributed by atoms with van der Waals surface area (Å²) in [5.74, 6) is -1.17. The summed E-state index contributed by atoms with van der Waals surface area (Å²) in [6, 6.07) is 20.2. The number of carbonyl (C=O) groups is 5. The Balaban J connectivity index is 0.852. The first kappa shape index (κ1) is 35.0. The SMILES string of the molecule is O=C1CCC(N2C(=O)c3ccc(/C=C/C(=O)N4CCN(c5cccc(-c6cnc7ccc(N8CCC[C@@H]8c8cccc(F)c8)nn67)n5)CC4)cc3C2=O)C(=O)N1. The molecule has 7 heterocycles. The fourth-order valence-corrected chi connectivity index (χ4v) is 8.06. The molecule has 9 rings (SSSR count). The number of anilines is 2. The number of benzene rings is 2. The molecule has 4 aliphatic heterocycles. The Morgan fingerprint density at radius 3 is 2.46 bits per heavy atom. The molecule has 3 aromatic heterocycles. The lowest BCUT2D eigenvalue weighted by molar-refractivity contribution is -0.136. The van der Waals surface area contributed by atoms with Crippen LogP contribution in [0.5, 0.6) is 0 Å². The number of nitrogens with one attached hydrogen (secondary N) is 1. The van der Waals surface area contributed by atoms with Crippen molar-refractivity contribution < 1.29 is 28.4 Å². The maximum atomic E-state index is 14.1. The number of carbonyl (C=O) groups excluding carboxylic acids is 5. The summed E-state index contributed by atoms with van der Waals surface area (Å²) in [5, 5.41) is 7.17. The van der Waals surface area contributed by atoms with Gasteiger partial charge in [0.1, 0.15) is 29.2 Å². The number of hydrogen-bond acceptors (Lipinski definition) is 10. The minimum absolute atomic E-state index is 0.0294. The number of rotatable bonds is 7. The van der Waals surface area contributed by atoms with Crippen LogP contribution >= 0.6 is 0 Å². The largest absolute Gasteiger partial charge is 0.353 e. The highest BCUT2D eigenvalue weighted by Crippen LogP contribution is 2.36. The van der Waals surface area contributed by atoms with Gasteiger partial charge in [-0.15, -0.1) is 5.10 Å². The van der Waals surface area contributed by atoms with Crippen molar-refractivity contribution in [2.75, 3.05) is 42.5 Å². The third-order valence-corrected chi connectivity index (χ3v) is 10.9. The highest BCUT2D eigenvalue weighted by Gasteiger charge is 2.44. The molecule has 3 saturated heterocycles. The molecule has 14 nitrogen and oxygen atoms in total. The number of nitrogens with zero attached hydrogens (tertiary/aromatic N) is 8. The lowest BCUT2D eigenvalue weighted by atomic mass is 10.0. The van der Waals surface area contributed by atoms with E-state index in [0.717, 1.165) is 47.2 Å². The third kappa shape index (κ3) is 6.33. The Hall–Kier alpha value is -6.77. The predicted octanol–water partition coefficient (Wildman–Crippen LogP) is 4.04. The molecule has 5 amide bonds. The zero-order valence-electron chi connectivity index (χ0n) is 30.2. The van der Waals surface area contributed by atoms with Crippen molar-refractivity contribution in [3.8, 4) is 11.4 Å². The highest BCUT2D eigenvalue weighted by atomic mass is 19.1. The van der Waals surface area contributed by atoms with Crippen LogP contribution in [0, 0.1) is 5.82 Å². The summed E-state index contributed by atoms with van der Waals surface area (Å²) < 4.78 is 15.9. The van der Waals surface area contributed by atoms with Crippen molar-refractivity contribution in [3.05, 3.63) is 113 Å². The summed E-state index contributed by atoms with van der Waals surface area (Å²) >= 11 is 0. The molecule has 1 N–H and O–H groups in total. The number of piperidine rings is 1. The number of piperazine rings is 1. The van der Waals surface area contributed by atoms with Crippen molar-refractivity contribution in [1.82, 2.24) is 34.7 Å². The van der Waals surface area contributed by atoms with Gasteiger partial charge >= 0.3 is 0 Å². The van der Waals surface area contributed by atoms with Crippen LogP contribution in [0.3, 0.4) is 0 Å². The van der Waals surface area contributed by atoms with Gasteiger partial charge in [-0.3, -0.25) is 34.2 Å². The molecule has 4 aliphatic rings. The Kier molecular flexibility index (Phi) is 8.83. The van der Waals surface area contributed by atoms with Crippen molar-refractivity contribution in [1.29, 1.82) is 0 Å². The van der Waals surface area contributed by atoms with Gasteiger partial charge in [-0.05, 0) is 85.0 Å². The van der Waals surface area contributed by atoms with Crippen LogP contribution < -0.4 is 15.1 Å². The summed E-state index contributed by atoms with van der Waals surface area (Å²) in [7, 11) is 0. The van der Waals surface area contributed by atoms with Crippen LogP contribution in [-0.2, 0) is 14.4 Å². The van der Waals surface area contributed by atoms with Crippen LogP contribution in [0.1, 0.15) is 63.6 Å². The fourth-order valence-electron chi connectivity index (χ4n) is 8.06. The van der Waals surface area contributed by atoms with Crippen LogP contribution in [0.4, 0.5) is 16.0 Å². The van der Waals surface area contributed by atoms with Crippen LogP contribution in [0.2, 0.25) is 0 Å². The molecular weight excluding hydrogens is 718 g/mol. The second-order valence-corrected chi connectivity index (χ2v) is 14.3. The monoisotopic (exact) mass is 753 g/mol. The molecule has 2 aromatic carbocycles. The minimum Gasteiger partial charge on any atom is -0.353 e. The van der Waals surface area contributed by atoms with Gasteiger partial charge in [-0.1, -0.05) is 24.3 Å². The highest BCUT2D eigenvalue weighted by molar-refractivity contribution is 6.23. The van der Waals surface area contributed by atoms with E-state index in [0.29, 0.717) is 43.1 Å².